The lowest BCUT2D eigenvalue weighted by molar-refractivity contribution is 0.0153. The Morgan fingerprint density at radius 1 is 1.41 bits per heavy atom. The molecule has 0 aliphatic carbocycles. The molecule has 0 amide bonds. The van der Waals surface area contributed by atoms with Crippen LogP contribution in [0.4, 0.5) is 0 Å². The number of aryl methyl sites for hydroxylation is 2. The van der Waals surface area contributed by atoms with Gasteiger partial charge in [-0.2, -0.15) is 0 Å². The fourth-order valence-electron chi connectivity index (χ4n) is 2.01. The van der Waals surface area contributed by atoms with Gasteiger partial charge in [0.05, 0.1) is 6.04 Å². The van der Waals surface area contributed by atoms with E-state index in [2.05, 4.69) is 53.3 Å². The maximum atomic E-state index is 5.97. The minimum absolute atomic E-state index is 0.546. The average molecular weight is 316 g/mol. The number of hydroxylamine groups is 1. The van der Waals surface area contributed by atoms with Crippen molar-refractivity contribution >= 4 is 27.9 Å². The molecule has 17 heavy (non-hydrogen) atoms. The van der Waals surface area contributed by atoms with Crippen molar-refractivity contribution in [3.8, 4) is 5.75 Å². The van der Waals surface area contributed by atoms with E-state index in [-0.39, 0.29) is 0 Å². The highest BCUT2D eigenvalue weighted by Crippen LogP contribution is 2.32. The van der Waals surface area contributed by atoms with E-state index < -0.39 is 0 Å². The van der Waals surface area contributed by atoms with Crippen LogP contribution in [0.5, 0.6) is 5.75 Å². The largest absolute Gasteiger partial charge is 0.395 e. The Morgan fingerprint density at radius 2 is 2.06 bits per heavy atom. The third-order valence-corrected chi connectivity index (χ3v) is 5.34. The van der Waals surface area contributed by atoms with Gasteiger partial charge in [0.1, 0.15) is 5.75 Å². The molecule has 4 heteroatoms. The zero-order chi connectivity index (χ0) is 12.4. The molecule has 0 bridgehead atoms. The molecule has 0 spiro atoms. The molecule has 0 radical (unpaired) electrons. The van der Waals surface area contributed by atoms with Crippen LogP contribution in [-0.4, -0.2) is 16.3 Å². The van der Waals surface area contributed by atoms with Crippen LogP contribution in [0.15, 0.2) is 16.6 Å². The lowest BCUT2D eigenvalue weighted by Gasteiger charge is -2.22. The summed E-state index contributed by atoms with van der Waals surface area (Å²) in [6.45, 7) is 6.40. The van der Waals surface area contributed by atoms with E-state index in [4.69, 9.17) is 4.84 Å². The van der Waals surface area contributed by atoms with Gasteiger partial charge < -0.3 is 4.84 Å². The number of rotatable bonds is 3. The fourth-order valence-corrected chi connectivity index (χ4v) is 3.40. The van der Waals surface area contributed by atoms with Crippen LogP contribution in [-0.2, 0) is 0 Å². The second kappa shape index (κ2) is 5.63. The molecule has 1 saturated heterocycles. The van der Waals surface area contributed by atoms with Gasteiger partial charge in [-0.1, -0.05) is 27.3 Å². The molecule has 1 aliphatic heterocycles. The number of hydrogen-bond donors (Lipinski definition) is 0. The van der Waals surface area contributed by atoms with Crippen molar-refractivity contribution in [2.45, 2.75) is 39.7 Å². The van der Waals surface area contributed by atoms with Crippen LogP contribution < -0.4 is 4.84 Å². The van der Waals surface area contributed by atoms with Crippen LogP contribution in [0.2, 0.25) is 0 Å². The first kappa shape index (κ1) is 13.2. The van der Waals surface area contributed by atoms with Crippen molar-refractivity contribution in [1.29, 1.82) is 0 Å². The molecule has 1 aromatic rings. The molecule has 2 nitrogen and oxygen atoms in total. The Kier molecular flexibility index (Phi) is 4.39. The first-order chi connectivity index (χ1) is 8.11. The minimum atomic E-state index is 0.546. The van der Waals surface area contributed by atoms with Crippen LogP contribution in [0.1, 0.15) is 30.9 Å². The van der Waals surface area contributed by atoms with Crippen molar-refractivity contribution < 1.29 is 4.84 Å². The Balaban J connectivity index is 2.13. The summed E-state index contributed by atoms with van der Waals surface area (Å²) >= 11 is 5.36. The average Bonchev–Trinajstić information content (AvgIpc) is 2.73. The monoisotopic (exact) mass is 315 g/mol. The Morgan fingerprint density at radius 3 is 2.65 bits per heavy atom. The Hall–Kier alpha value is -0.190. The van der Waals surface area contributed by atoms with Gasteiger partial charge in [-0.15, -0.1) is 0 Å². The lowest BCUT2D eigenvalue weighted by atomic mass is 10.1. The third-order valence-electron chi connectivity index (χ3n) is 3.04. The molecule has 1 aromatic carbocycles. The lowest BCUT2D eigenvalue weighted by Crippen LogP contribution is -2.26. The predicted molar refractivity (Wildman–Crippen MR) is 77.2 cm³/mol. The van der Waals surface area contributed by atoms with E-state index in [0.29, 0.717) is 6.04 Å². The van der Waals surface area contributed by atoms with Crippen molar-refractivity contribution in [3.63, 3.8) is 0 Å². The fraction of sp³-hybridized carbons (Fsp3) is 0.538. The summed E-state index contributed by atoms with van der Waals surface area (Å²) in [6.07, 6.45) is 2.36. The van der Waals surface area contributed by atoms with E-state index in [9.17, 15) is 0 Å². The van der Waals surface area contributed by atoms with E-state index in [1.165, 1.54) is 22.0 Å². The summed E-state index contributed by atoms with van der Waals surface area (Å²) in [4.78, 5) is 5.97. The van der Waals surface area contributed by atoms with Gasteiger partial charge in [0.2, 0.25) is 0 Å². The van der Waals surface area contributed by atoms with Crippen LogP contribution >= 0.6 is 27.9 Å². The van der Waals surface area contributed by atoms with Crippen molar-refractivity contribution in [2.75, 3.05) is 5.75 Å². The zero-order valence-electron chi connectivity index (χ0n) is 10.5. The van der Waals surface area contributed by atoms with Crippen molar-refractivity contribution in [3.05, 3.63) is 27.7 Å². The summed E-state index contributed by atoms with van der Waals surface area (Å²) in [5.74, 6) is 2.10. The van der Waals surface area contributed by atoms with Gasteiger partial charge >= 0.3 is 0 Å². The van der Waals surface area contributed by atoms with E-state index >= 15 is 0 Å². The molecule has 1 atom stereocenters. The first-order valence-corrected chi connectivity index (χ1v) is 7.72. The van der Waals surface area contributed by atoms with Crippen molar-refractivity contribution in [1.82, 2.24) is 4.47 Å². The number of hydrogen-bond acceptors (Lipinski definition) is 3. The summed E-state index contributed by atoms with van der Waals surface area (Å²) in [7, 11) is 0. The highest BCUT2D eigenvalue weighted by Gasteiger charge is 2.26. The summed E-state index contributed by atoms with van der Waals surface area (Å²) in [6, 6.07) is 4.72. The molecule has 1 fully saturated rings. The van der Waals surface area contributed by atoms with E-state index in [1.54, 1.807) is 11.9 Å². The molecular formula is C13H18BrNOS. The molecule has 94 valence electrons. The third kappa shape index (κ3) is 2.98. The second-order valence-corrected chi connectivity index (χ2v) is 6.25. The second-order valence-electron chi connectivity index (χ2n) is 4.43. The topological polar surface area (TPSA) is 12.5 Å². The quantitative estimate of drug-likeness (QED) is 0.762. The Bertz CT molecular complexity index is 387. The molecule has 0 aromatic heterocycles. The molecule has 2 rings (SSSR count). The summed E-state index contributed by atoms with van der Waals surface area (Å²) in [5.41, 5.74) is 2.44. The van der Waals surface area contributed by atoms with E-state index in [0.717, 1.165) is 17.9 Å². The standard InChI is InChI=1S/C13H18BrNOS/c1-4-11-5-6-17-15(11)16-12-7-9(2)13(14)10(3)8-12/h7-8,11H,4-6H2,1-3H3. The van der Waals surface area contributed by atoms with Gasteiger partial charge in [0.25, 0.3) is 0 Å². The SMILES string of the molecule is CCC1CCSN1Oc1cc(C)c(Br)c(C)c1. The van der Waals surface area contributed by atoms with Crippen LogP contribution in [0, 0.1) is 13.8 Å². The zero-order valence-corrected chi connectivity index (χ0v) is 12.9. The normalized spacial score (nSPS) is 20.8. The highest BCUT2D eigenvalue weighted by molar-refractivity contribution is 9.10. The summed E-state index contributed by atoms with van der Waals surface area (Å²) < 4.78 is 3.23. The highest BCUT2D eigenvalue weighted by atomic mass is 79.9. The molecule has 0 saturated carbocycles. The minimum Gasteiger partial charge on any atom is -0.395 e. The van der Waals surface area contributed by atoms with Gasteiger partial charge in [-0.25, -0.2) is 0 Å². The summed E-state index contributed by atoms with van der Waals surface area (Å²) in [5, 5.41) is 0. The van der Waals surface area contributed by atoms with Crippen molar-refractivity contribution in [2.24, 2.45) is 0 Å². The maximum Gasteiger partial charge on any atom is 0.149 e. The molecule has 1 heterocycles. The smallest absolute Gasteiger partial charge is 0.149 e. The van der Waals surface area contributed by atoms with Crippen LogP contribution in [0.25, 0.3) is 0 Å². The number of nitrogens with zero attached hydrogens (tertiary/aromatic N) is 1. The van der Waals surface area contributed by atoms with Gasteiger partial charge in [0.15, 0.2) is 0 Å². The van der Waals surface area contributed by atoms with E-state index in [1.807, 2.05) is 0 Å². The molecule has 1 unspecified atom stereocenters. The molecule has 0 N–H and O–H groups in total. The number of benzene rings is 1. The molecular weight excluding hydrogens is 298 g/mol. The van der Waals surface area contributed by atoms with Gasteiger partial charge in [-0.3, -0.25) is 0 Å². The van der Waals surface area contributed by atoms with Gasteiger partial charge in [0, 0.05) is 10.2 Å². The number of halogens is 1. The van der Waals surface area contributed by atoms with Crippen LogP contribution in [0.3, 0.4) is 0 Å². The maximum absolute atomic E-state index is 5.97. The molecule has 1 aliphatic rings. The first-order valence-electron chi connectivity index (χ1n) is 5.98. The Labute approximate surface area is 116 Å². The predicted octanol–water partition coefficient (Wildman–Crippen LogP) is 4.49. The van der Waals surface area contributed by atoms with Gasteiger partial charge in [-0.05, 0) is 61.9 Å².